The summed E-state index contributed by atoms with van der Waals surface area (Å²) in [5, 5.41) is 4.36. The van der Waals surface area contributed by atoms with Crippen molar-refractivity contribution in [1.29, 1.82) is 0 Å². The van der Waals surface area contributed by atoms with E-state index in [9.17, 15) is 0 Å². The Balaban J connectivity index is 1.93. The summed E-state index contributed by atoms with van der Waals surface area (Å²) in [6, 6.07) is 7.55. The van der Waals surface area contributed by atoms with E-state index in [-0.39, 0.29) is 6.10 Å². The van der Waals surface area contributed by atoms with Crippen molar-refractivity contribution in [3.8, 4) is 22.8 Å². The Hall–Kier alpha value is -2.21. The zero-order chi connectivity index (χ0) is 14.1. The van der Waals surface area contributed by atoms with Crippen molar-refractivity contribution < 1.29 is 14.2 Å². The molecule has 1 saturated heterocycles. The van der Waals surface area contributed by atoms with Gasteiger partial charge in [-0.05, 0) is 18.2 Å². The molecule has 0 saturated carbocycles. The normalized spacial score (nSPS) is 14.9. The first-order chi connectivity index (χ1) is 9.67. The van der Waals surface area contributed by atoms with Crippen molar-refractivity contribution in [2.75, 3.05) is 26.1 Å². The number of nitrogen functional groups attached to an aromatic ring is 1. The third-order valence-electron chi connectivity index (χ3n) is 3.28. The Bertz CT molecular complexity index is 601. The maximum Gasteiger partial charge on any atom is 0.162 e. The Morgan fingerprint density at radius 1 is 1.30 bits per heavy atom. The van der Waals surface area contributed by atoms with Crippen LogP contribution in [0.25, 0.3) is 11.3 Å². The molecule has 0 aliphatic carbocycles. The molecule has 0 bridgehead atoms. The second kappa shape index (κ2) is 5.05. The average Bonchev–Trinajstić information content (AvgIpc) is 2.74. The van der Waals surface area contributed by atoms with Crippen LogP contribution < -0.4 is 15.2 Å². The highest BCUT2D eigenvalue weighted by Gasteiger charge is 2.22. The number of nitrogens with two attached hydrogens (primary N) is 1. The predicted molar refractivity (Wildman–Crippen MR) is 74.8 cm³/mol. The van der Waals surface area contributed by atoms with Crippen LogP contribution in [0.4, 0.5) is 5.82 Å². The summed E-state index contributed by atoms with van der Waals surface area (Å²) in [6.45, 7) is 1.23. The fourth-order valence-corrected chi connectivity index (χ4v) is 2.01. The topological polar surface area (TPSA) is 71.5 Å². The third kappa shape index (κ3) is 2.30. The van der Waals surface area contributed by atoms with Crippen molar-refractivity contribution >= 4 is 5.82 Å². The van der Waals surface area contributed by atoms with E-state index < -0.39 is 0 Å². The van der Waals surface area contributed by atoms with E-state index >= 15 is 0 Å². The highest BCUT2D eigenvalue weighted by molar-refractivity contribution is 5.66. The van der Waals surface area contributed by atoms with Gasteiger partial charge in [0, 0.05) is 18.7 Å². The van der Waals surface area contributed by atoms with E-state index in [1.165, 1.54) is 0 Å². The smallest absolute Gasteiger partial charge is 0.162 e. The van der Waals surface area contributed by atoms with Gasteiger partial charge in [-0.2, -0.15) is 5.10 Å². The molecule has 1 aromatic carbocycles. The van der Waals surface area contributed by atoms with Gasteiger partial charge >= 0.3 is 0 Å². The quantitative estimate of drug-likeness (QED) is 0.914. The third-order valence-corrected chi connectivity index (χ3v) is 3.28. The molecule has 0 radical (unpaired) electrons. The number of aryl methyl sites for hydroxylation is 1. The van der Waals surface area contributed by atoms with Gasteiger partial charge in [-0.15, -0.1) is 0 Å². The molecular formula is C14H17N3O3. The van der Waals surface area contributed by atoms with Gasteiger partial charge in [0.1, 0.15) is 11.9 Å². The van der Waals surface area contributed by atoms with Crippen LogP contribution in [0.15, 0.2) is 24.3 Å². The second-order valence-electron chi connectivity index (χ2n) is 4.72. The molecule has 2 aromatic rings. The van der Waals surface area contributed by atoms with Crippen LogP contribution in [0, 0.1) is 0 Å². The predicted octanol–water partition coefficient (Wildman–Crippen LogP) is 1.46. The Morgan fingerprint density at radius 3 is 2.65 bits per heavy atom. The molecule has 0 spiro atoms. The summed E-state index contributed by atoms with van der Waals surface area (Å²) in [4.78, 5) is 0. The van der Waals surface area contributed by atoms with E-state index in [0.717, 1.165) is 11.3 Å². The van der Waals surface area contributed by atoms with Gasteiger partial charge in [0.25, 0.3) is 0 Å². The second-order valence-corrected chi connectivity index (χ2v) is 4.72. The molecule has 6 nitrogen and oxygen atoms in total. The Kier molecular flexibility index (Phi) is 3.23. The number of aromatic nitrogens is 2. The molecule has 1 aliphatic rings. The lowest BCUT2D eigenvalue weighted by Gasteiger charge is -2.27. The molecule has 106 valence electrons. The van der Waals surface area contributed by atoms with Crippen molar-refractivity contribution in [1.82, 2.24) is 9.78 Å². The standard InChI is InChI=1S/C14H17N3O3/c1-17-14(15)6-11(16-17)9-3-4-12(18-2)13(5-9)20-10-7-19-8-10/h3-6,10H,7-8,15H2,1-2H3. The van der Waals surface area contributed by atoms with Gasteiger partial charge in [-0.3, -0.25) is 4.68 Å². The molecule has 2 heterocycles. The highest BCUT2D eigenvalue weighted by Crippen LogP contribution is 2.33. The van der Waals surface area contributed by atoms with Gasteiger partial charge in [-0.25, -0.2) is 0 Å². The van der Waals surface area contributed by atoms with Crippen LogP contribution in [0.5, 0.6) is 11.5 Å². The molecule has 1 aliphatic heterocycles. The van der Waals surface area contributed by atoms with Crippen LogP contribution in [0.1, 0.15) is 0 Å². The number of anilines is 1. The minimum absolute atomic E-state index is 0.0907. The molecule has 0 unspecified atom stereocenters. The van der Waals surface area contributed by atoms with Crippen LogP contribution in [-0.4, -0.2) is 36.2 Å². The monoisotopic (exact) mass is 275 g/mol. The minimum Gasteiger partial charge on any atom is -0.493 e. The lowest BCUT2D eigenvalue weighted by molar-refractivity contribution is -0.0803. The van der Waals surface area contributed by atoms with Crippen molar-refractivity contribution in [2.45, 2.75) is 6.10 Å². The minimum atomic E-state index is 0.0907. The molecule has 20 heavy (non-hydrogen) atoms. The first-order valence-electron chi connectivity index (χ1n) is 6.39. The molecule has 3 rings (SSSR count). The summed E-state index contributed by atoms with van der Waals surface area (Å²) < 4.78 is 17.9. The van der Waals surface area contributed by atoms with Crippen molar-refractivity contribution in [3.63, 3.8) is 0 Å². The number of hydrogen-bond acceptors (Lipinski definition) is 5. The maximum atomic E-state index is 5.86. The summed E-state index contributed by atoms with van der Waals surface area (Å²) in [6.07, 6.45) is 0.0907. The van der Waals surface area contributed by atoms with Crippen LogP contribution in [0.3, 0.4) is 0 Å². The largest absolute Gasteiger partial charge is 0.493 e. The van der Waals surface area contributed by atoms with Crippen LogP contribution in [-0.2, 0) is 11.8 Å². The van der Waals surface area contributed by atoms with Crippen molar-refractivity contribution in [2.24, 2.45) is 7.05 Å². The fourth-order valence-electron chi connectivity index (χ4n) is 2.01. The molecule has 1 aromatic heterocycles. The van der Waals surface area contributed by atoms with E-state index in [2.05, 4.69) is 5.10 Å². The molecule has 6 heteroatoms. The van der Waals surface area contributed by atoms with Gasteiger partial charge in [0.15, 0.2) is 11.5 Å². The first kappa shape index (κ1) is 12.8. The molecule has 2 N–H and O–H groups in total. The number of rotatable bonds is 4. The SMILES string of the molecule is COc1ccc(-c2cc(N)n(C)n2)cc1OC1COC1. The van der Waals surface area contributed by atoms with Gasteiger partial charge in [0.05, 0.1) is 26.0 Å². The Labute approximate surface area is 117 Å². The highest BCUT2D eigenvalue weighted by atomic mass is 16.6. The Morgan fingerprint density at radius 2 is 2.10 bits per heavy atom. The molecular weight excluding hydrogens is 258 g/mol. The number of benzene rings is 1. The first-order valence-corrected chi connectivity index (χ1v) is 6.39. The van der Waals surface area contributed by atoms with E-state index in [0.29, 0.717) is 30.5 Å². The van der Waals surface area contributed by atoms with E-state index in [1.807, 2.05) is 31.3 Å². The summed E-state index contributed by atoms with van der Waals surface area (Å²) in [5.41, 5.74) is 7.56. The number of methoxy groups -OCH3 is 1. The van der Waals surface area contributed by atoms with Crippen LogP contribution >= 0.6 is 0 Å². The number of ether oxygens (including phenoxy) is 3. The zero-order valence-electron chi connectivity index (χ0n) is 11.5. The maximum absolute atomic E-state index is 5.86. The zero-order valence-corrected chi connectivity index (χ0v) is 11.5. The van der Waals surface area contributed by atoms with Gasteiger partial charge in [-0.1, -0.05) is 0 Å². The average molecular weight is 275 g/mol. The van der Waals surface area contributed by atoms with Gasteiger partial charge in [0.2, 0.25) is 0 Å². The van der Waals surface area contributed by atoms with E-state index in [1.54, 1.807) is 11.8 Å². The molecule has 0 atom stereocenters. The summed E-state index contributed by atoms with van der Waals surface area (Å²) in [7, 11) is 3.43. The lowest BCUT2D eigenvalue weighted by atomic mass is 10.1. The lowest BCUT2D eigenvalue weighted by Crippen LogP contribution is -2.38. The van der Waals surface area contributed by atoms with Crippen LogP contribution in [0.2, 0.25) is 0 Å². The van der Waals surface area contributed by atoms with Gasteiger partial charge < -0.3 is 19.9 Å². The molecule has 1 fully saturated rings. The number of nitrogens with zero attached hydrogens (tertiary/aromatic N) is 2. The van der Waals surface area contributed by atoms with Crippen molar-refractivity contribution in [3.05, 3.63) is 24.3 Å². The number of hydrogen-bond donors (Lipinski definition) is 1. The fraction of sp³-hybridized carbons (Fsp3) is 0.357. The summed E-state index contributed by atoms with van der Waals surface area (Å²) >= 11 is 0. The van der Waals surface area contributed by atoms with E-state index in [4.69, 9.17) is 19.9 Å². The summed E-state index contributed by atoms with van der Waals surface area (Å²) in [5.74, 6) is 2.01. The molecule has 0 amide bonds.